The molecule has 0 aliphatic rings. The number of halogens is 1. The number of nitrogens with zero attached hydrogens (tertiary/aromatic N) is 2. The van der Waals surface area contributed by atoms with Crippen LogP contribution in [-0.4, -0.2) is 16.6 Å². The van der Waals surface area contributed by atoms with Crippen LogP contribution in [0, 0.1) is 0 Å². The summed E-state index contributed by atoms with van der Waals surface area (Å²) in [6, 6.07) is 11.5. The lowest BCUT2D eigenvalue weighted by Crippen LogP contribution is -2.39. The number of thiocarbonyl (C=S) groups is 1. The second kappa shape index (κ2) is 7.76. The molecule has 1 heterocycles. The molecule has 0 atom stereocenters. The van der Waals surface area contributed by atoms with Crippen molar-refractivity contribution < 1.29 is 0 Å². The van der Waals surface area contributed by atoms with E-state index in [0.717, 1.165) is 11.3 Å². The lowest BCUT2D eigenvalue weighted by atomic mass is 10.2. The van der Waals surface area contributed by atoms with E-state index in [4.69, 9.17) is 23.8 Å². The summed E-state index contributed by atoms with van der Waals surface area (Å²) < 4.78 is 0. The molecule has 0 amide bonds. The third kappa shape index (κ3) is 4.55. The second-order valence-electron chi connectivity index (χ2n) is 4.40. The minimum Gasteiger partial charge on any atom is -0.359 e. The first-order chi connectivity index (χ1) is 10.2. The summed E-state index contributed by atoms with van der Waals surface area (Å²) in [7, 11) is 0. The molecule has 1 aromatic carbocycles. The van der Waals surface area contributed by atoms with Gasteiger partial charge in [0.25, 0.3) is 0 Å². The molecule has 2 rings (SSSR count). The van der Waals surface area contributed by atoms with Crippen LogP contribution < -0.4 is 10.2 Å². The highest BCUT2D eigenvalue weighted by Crippen LogP contribution is 2.20. The van der Waals surface area contributed by atoms with Gasteiger partial charge in [0.2, 0.25) is 0 Å². The summed E-state index contributed by atoms with van der Waals surface area (Å²) in [5.41, 5.74) is 2.06. The van der Waals surface area contributed by atoms with E-state index in [-0.39, 0.29) is 0 Å². The minimum absolute atomic E-state index is 0.621. The fourth-order valence-corrected chi connectivity index (χ4v) is 2.21. The van der Waals surface area contributed by atoms with Gasteiger partial charge in [-0.1, -0.05) is 23.7 Å². The fourth-order valence-electron chi connectivity index (χ4n) is 1.83. The molecule has 2 aromatic rings. The van der Waals surface area contributed by atoms with Gasteiger partial charge in [-0.2, -0.15) is 0 Å². The molecule has 0 radical (unpaired) electrons. The molecule has 0 bridgehead atoms. The highest BCUT2D eigenvalue weighted by atomic mass is 35.5. The van der Waals surface area contributed by atoms with Gasteiger partial charge in [-0.15, -0.1) is 6.58 Å². The Morgan fingerprint density at radius 3 is 2.71 bits per heavy atom. The maximum absolute atomic E-state index is 5.95. The molecular weight excluding hydrogens is 302 g/mol. The van der Waals surface area contributed by atoms with E-state index >= 15 is 0 Å². The van der Waals surface area contributed by atoms with Gasteiger partial charge in [0, 0.05) is 29.6 Å². The van der Waals surface area contributed by atoms with Gasteiger partial charge < -0.3 is 10.2 Å². The number of pyridine rings is 1. The summed E-state index contributed by atoms with van der Waals surface area (Å²) in [5.74, 6) is 0. The molecule has 5 heteroatoms. The first-order valence-corrected chi connectivity index (χ1v) is 7.30. The van der Waals surface area contributed by atoms with E-state index in [1.807, 2.05) is 47.5 Å². The van der Waals surface area contributed by atoms with Crippen molar-refractivity contribution in [3.05, 3.63) is 72.0 Å². The molecule has 0 aliphatic heterocycles. The minimum atomic E-state index is 0.621. The Bertz CT molecular complexity index is 599. The van der Waals surface area contributed by atoms with Crippen molar-refractivity contribution in [2.24, 2.45) is 0 Å². The zero-order valence-electron chi connectivity index (χ0n) is 11.5. The van der Waals surface area contributed by atoms with Crippen LogP contribution in [0.15, 0.2) is 61.4 Å². The summed E-state index contributed by atoms with van der Waals surface area (Å²) in [6.07, 6.45) is 5.36. The van der Waals surface area contributed by atoms with Gasteiger partial charge in [0.15, 0.2) is 5.11 Å². The highest BCUT2D eigenvalue weighted by Gasteiger charge is 2.12. The first kappa shape index (κ1) is 15.5. The number of rotatable bonds is 5. The van der Waals surface area contributed by atoms with Crippen molar-refractivity contribution in [3.63, 3.8) is 0 Å². The van der Waals surface area contributed by atoms with E-state index in [9.17, 15) is 0 Å². The Hall–Kier alpha value is -1.91. The van der Waals surface area contributed by atoms with Crippen molar-refractivity contribution >= 4 is 34.6 Å². The van der Waals surface area contributed by atoms with Crippen LogP contribution in [0.3, 0.4) is 0 Å². The van der Waals surface area contributed by atoms with Crippen molar-refractivity contribution in [2.45, 2.75) is 6.54 Å². The van der Waals surface area contributed by atoms with Crippen LogP contribution in [0.4, 0.5) is 5.69 Å². The van der Waals surface area contributed by atoms with E-state index in [1.54, 1.807) is 12.3 Å². The predicted molar refractivity (Wildman–Crippen MR) is 92.7 cm³/mol. The summed E-state index contributed by atoms with van der Waals surface area (Å²) in [5, 5.41) is 4.49. The Morgan fingerprint density at radius 2 is 2.10 bits per heavy atom. The molecule has 0 unspecified atom stereocenters. The summed E-state index contributed by atoms with van der Waals surface area (Å²) >= 11 is 11.4. The molecule has 0 fully saturated rings. The first-order valence-electron chi connectivity index (χ1n) is 6.51. The number of anilines is 1. The van der Waals surface area contributed by atoms with Gasteiger partial charge in [0.05, 0.1) is 6.54 Å². The smallest absolute Gasteiger partial charge is 0.174 e. The zero-order chi connectivity index (χ0) is 15.1. The number of hydrogen-bond donors (Lipinski definition) is 1. The van der Waals surface area contributed by atoms with Crippen LogP contribution in [0.5, 0.6) is 0 Å². The highest BCUT2D eigenvalue weighted by molar-refractivity contribution is 7.80. The lowest BCUT2D eigenvalue weighted by molar-refractivity contribution is 0.938. The van der Waals surface area contributed by atoms with Crippen molar-refractivity contribution in [1.82, 2.24) is 10.3 Å². The maximum atomic E-state index is 5.95. The van der Waals surface area contributed by atoms with E-state index in [1.165, 1.54) is 0 Å². The van der Waals surface area contributed by atoms with Crippen LogP contribution >= 0.6 is 23.8 Å². The largest absolute Gasteiger partial charge is 0.359 e. The van der Waals surface area contributed by atoms with Crippen LogP contribution in [0.1, 0.15) is 5.56 Å². The van der Waals surface area contributed by atoms with E-state index in [2.05, 4.69) is 16.9 Å². The van der Waals surface area contributed by atoms with Crippen molar-refractivity contribution in [1.29, 1.82) is 0 Å². The molecule has 0 saturated heterocycles. The van der Waals surface area contributed by atoms with Crippen molar-refractivity contribution in [2.75, 3.05) is 11.4 Å². The number of nitrogens with one attached hydrogen (secondary N) is 1. The third-order valence-electron chi connectivity index (χ3n) is 2.84. The van der Waals surface area contributed by atoms with Gasteiger partial charge in [0.1, 0.15) is 0 Å². The van der Waals surface area contributed by atoms with Gasteiger partial charge >= 0.3 is 0 Å². The average molecular weight is 318 g/mol. The lowest BCUT2D eigenvalue weighted by Gasteiger charge is -2.25. The van der Waals surface area contributed by atoms with Gasteiger partial charge in [-0.3, -0.25) is 4.98 Å². The molecule has 0 aliphatic carbocycles. The quantitative estimate of drug-likeness (QED) is 0.670. The van der Waals surface area contributed by atoms with Gasteiger partial charge in [-0.25, -0.2) is 0 Å². The fraction of sp³-hybridized carbons (Fsp3) is 0.125. The maximum Gasteiger partial charge on any atom is 0.174 e. The standard InChI is InChI=1S/C16H16ClN3S/c1-2-9-19-16(21)20(12-13-4-3-10-18-11-13)15-7-5-14(17)6-8-15/h2-8,10-11H,1,9,12H2,(H,19,21). The zero-order valence-corrected chi connectivity index (χ0v) is 13.1. The summed E-state index contributed by atoms with van der Waals surface area (Å²) in [6.45, 7) is 4.95. The second-order valence-corrected chi connectivity index (χ2v) is 5.22. The van der Waals surface area contributed by atoms with Crippen LogP contribution in [0.25, 0.3) is 0 Å². The topological polar surface area (TPSA) is 28.2 Å². The van der Waals surface area contributed by atoms with E-state index in [0.29, 0.717) is 23.2 Å². The molecule has 0 saturated carbocycles. The summed E-state index contributed by atoms with van der Waals surface area (Å²) in [4.78, 5) is 6.15. The molecule has 21 heavy (non-hydrogen) atoms. The molecule has 1 aromatic heterocycles. The Kier molecular flexibility index (Phi) is 5.72. The Morgan fingerprint density at radius 1 is 1.33 bits per heavy atom. The Labute approximate surface area is 135 Å². The van der Waals surface area contributed by atoms with Gasteiger partial charge in [-0.05, 0) is 48.1 Å². The predicted octanol–water partition coefficient (Wildman–Crippen LogP) is 3.80. The average Bonchev–Trinajstić information content (AvgIpc) is 2.52. The normalized spacial score (nSPS) is 9.95. The van der Waals surface area contributed by atoms with E-state index < -0.39 is 0 Å². The molecule has 3 nitrogen and oxygen atoms in total. The molecular formula is C16H16ClN3S. The SMILES string of the molecule is C=CCNC(=S)N(Cc1cccnc1)c1ccc(Cl)cc1. The van der Waals surface area contributed by atoms with Crippen LogP contribution in [0.2, 0.25) is 5.02 Å². The monoisotopic (exact) mass is 317 g/mol. The molecule has 0 spiro atoms. The van der Waals surface area contributed by atoms with Crippen molar-refractivity contribution in [3.8, 4) is 0 Å². The number of aromatic nitrogens is 1. The Balaban J connectivity index is 2.23. The molecule has 108 valence electrons. The third-order valence-corrected chi connectivity index (χ3v) is 3.46. The molecule has 1 N–H and O–H groups in total. The number of benzene rings is 1. The van der Waals surface area contributed by atoms with Crippen LogP contribution in [-0.2, 0) is 6.54 Å². The number of hydrogen-bond acceptors (Lipinski definition) is 2.